The molecular weight excluding hydrogens is 1100 g/mol. The zero-order chi connectivity index (χ0) is 61.3. The summed E-state index contributed by atoms with van der Waals surface area (Å²) in [5, 5.41) is 14.7. The van der Waals surface area contributed by atoms with Crippen LogP contribution in [-0.4, -0.2) is 116 Å². The zero-order valence-corrected chi connectivity index (χ0v) is 49.3. The number of carbonyl (C=O) groups is 8. The maximum Gasteiger partial charge on any atom is 0.419 e. The van der Waals surface area contributed by atoms with Crippen molar-refractivity contribution in [2.75, 3.05) is 47.7 Å². The van der Waals surface area contributed by atoms with Crippen molar-refractivity contribution in [3.63, 3.8) is 0 Å². The van der Waals surface area contributed by atoms with Crippen molar-refractivity contribution in [1.29, 1.82) is 0 Å². The van der Waals surface area contributed by atoms with Gasteiger partial charge in [-0.25, -0.2) is 14.8 Å². The summed E-state index contributed by atoms with van der Waals surface area (Å²) < 4.78 is 21.3. The van der Waals surface area contributed by atoms with E-state index in [1.54, 1.807) is 69.4 Å². The number of carbonyl (C=O) groups excluding carboxylic acids is 8. The quantitative estimate of drug-likeness (QED) is 0.0203. The molecule has 86 heavy (non-hydrogen) atoms. The molecule has 23 heteroatoms. The molecule has 0 saturated carbocycles. The first-order valence-corrected chi connectivity index (χ1v) is 28.8. The van der Waals surface area contributed by atoms with Crippen molar-refractivity contribution in [2.45, 2.75) is 110 Å². The van der Waals surface area contributed by atoms with Gasteiger partial charge in [-0.2, -0.15) is 0 Å². The average Bonchev–Trinajstić information content (AvgIpc) is 2.30. The SMILES string of the molecule is CC=NOCCCCC(=O)CCCCC(=O)N[C@H](C)C(=O)C[C@H](C)C(=O)Nc1ccc(OC(=O)N2C[C@@H]3Cc4ccccc4CN3C(=O)c3cc(OC)c(OCCCC(=O)Nc4cn(C)c(C(=O)Nc5ccc(-c6ccn(C)c6)cn5)n4)cc32)cc1. The summed E-state index contributed by atoms with van der Waals surface area (Å²) in [7, 11) is 5.00. The lowest BCUT2D eigenvalue weighted by molar-refractivity contribution is -0.129. The number of imidazole rings is 1. The number of methoxy groups -OCH3 is 1. The second kappa shape index (κ2) is 29.7. The van der Waals surface area contributed by atoms with E-state index in [4.69, 9.17) is 19.0 Å². The Balaban J connectivity index is 0.841. The van der Waals surface area contributed by atoms with Gasteiger partial charge in [0.15, 0.2) is 23.1 Å². The Labute approximate surface area is 498 Å². The fraction of sp³-hybridized carbons (Fsp3) is 0.381. The second-order valence-corrected chi connectivity index (χ2v) is 21.3. The molecule has 3 atom stereocenters. The molecule has 6 aromatic rings. The summed E-state index contributed by atoms with van der Waals surface area (Å²) in [6, 6.07) is 21.3. The van der Waals surface area contributed by atoms with Gasteiger partial charge < -0.3 is 54.3 Å². The summed E-state index contributed by atoms with van der Waals surface area (Å²) in [5.74, 6) is -1.74. The lowest BCUT2D eigenvalue weighted by Gasteiger charge is -2.36. The van der Waals surface area contributed by atoms with Crippen molar-refractivity contribution in [2.24, 2.45) is 25.2 Å². The number of unbranched alkanes of at least 4 members (excludes halogenated alkanes) is 2. The minimum absolute atomic E-state index is 0.0149. The highest BCUT2D eigenvalue weighted by Gasteiger charge is 2.40. The van der Waals surface area contributed by atoms with Crippen LogP contribution in [0.3, 0.4) is 0 Å². The summed E-state index contributed by atoms with van der Waals surface area (Å²) >= 11 is 0. The number of Topliss-reactive ketones (excluding diaryl/α,β-unsaturated/α-hetero) is 2. The molecule has 0 bridgehead atoms. The Bertz CT molecular complexity index is 3450. The van der Waals surface area contributed by atoms with E-state index < -0.39 is 35.9 Å². The standard InChI is InChI=1S/C63H73N11O12/c1-7-65-85-30-13-12-18-48(75)17-10-11-19-57(77)66-41(3)52(76)31-40(2)60(79)67-46-22-24-49(25-23-46)86-63(82)74-38-47-32-42-15-8-9-16-44(42)37-73(47)62(81)50-33-53(83-6)54(34-51(50)74)84-29-14-20-58(78)68-56-39-72(5)59(69-56)61(80)70-55-26-21-43(35-64-55)45-27-28-71(4)36-45/h7-9,15-16,21-28,33-36,39-41,47H,10-14,17-20,29-32,37-38H2,1-6H3,(H,66,77)(H,67,79)(H,68,78)(H,64,70,80)/t40-,41+,47-/m0/s1. The number of amides is 6. The number of nitrogens with one attached hydrogen (secondary N) is 4. The van der Waals surface area contributed by atoms with Gasteiger partial charge in [0.2, 0.25) is 23.5 Å². The van der Waals surface area contributed by atoms with Crippen LogP contribution in [0.15, 0.2) is 109 Å². The minimum atomic E-state index is -0.820. The van der Waals surface area contributed by atoms with Crippen molar-refractivity contribution in [3.05, 3.63) is 126 Å². The molecule has 23 nitrogen and oxygen atoms in total. The molecule has 0 spiro atoms. The number of aryl methyl sites for hydroxylation is 2. The molecule has 5 heterocycles. The smallest absolute Gasteiger partial charge is 0.419 e. The highest BCUT2D eigenvalue weighted by molar-refractivity contribution is 6.06. The van der Waals surface area contributed by atoms with Crippen LogP contribution in [0.2, 0.25) is 0 Å². The summed E-state index contributed by atoms with van der Waals surface area (Å²) in [5.41, 5.74) is 4.71. The van der Waals surface area contributed by atoms with Crippen LogP contribution in [-0.2, 0) is 55.9 Å². The molecule has 452 valence electrons. The Kier molecular flexibility index (Phi) is 21.6. The van der Waals surface area contributed by atoms with Crippen molar-refractivity contribution in [3.8, 4) is 28.4 Å². The van der Waals surface area contributed by atoms with Gasteiger partial charge >= 0.3 is 6.09 Å². The number of fused-ring (bicyclic) bond motifs is 3. The highest BCUT2D eigenvalue weighted by atomic mass is 16.6. The van der Waals surface area contributed by atoms with Crippen LogP contribution in [0.25, 0.3) is 11.1 Å². The van der Waals surface area contributed by atoms with Gasteiger partial charge in [0, 0.05) is 113 Å². The summed E-state index contributed by atoms with van der Waals surface area (Å²) in [6.45, 7) is 5.81. The number of benzene rings is 3. The van der Waals surface area contributed by atoms with Gasteiger partial charge in [0.25, 0.3) is 11.8 Å². The van der Waals surface area contributed by atoms with Crippen LogP contribution in [0.5, 0.6) is 17.2 Å². The number of anilines is 4. The molecule has 0 radical (unpaired) electrons. The van der Waals surface area contributed by atoms with Crippen LogP contribution < -0.4 is 40.4 Å². The van der Waals surface area contributed by atoms with E-state index in [1.165, 1.54) is 41.0 Å². The number of oxime groups is 1. The van der Waals surface area contributed by atoms with E-state index in [0.717, 1.165) is 28.7 Å². The number of ether oxygens (including phenoxy) is 3. The third kappa shape index (κ3) is 16.8. The van der Waals surface area contributed by atoms with E-state index in [2.05, 4.69) is 36.4 Å². The average molecular weight is 1180 g/mol. The third-order valence-corrected chi connectivity index (χ3v) is 14.7. The molecule has 8 rings (SSSR count). The second-order valence-electron chi connectivity index (χ2n) is 21.3. The number of rotatable bonds is 28. The number of ketones is 2. The molecule has 3 aromatic carbocycles. The van der Waals surface area contributed by atoms with E-state index >= 15 is 0 Å². The van der Waals surface area contributed by atoms with Gasteiger partial charge in [0.05, 0.1) is 43.6 Å². The zero-order valence-electron chi connectivity index (χ0n) is 49.3. The number of hydrogen-bond donors (Lipinski definition) is 4. The monoisotopic (exact) mass is 1180 g/mol. The van der Waals surface area contributed by atoms with Gasteiger partial charge in [-0.05, 0) is 112 Å². The Morgan fingerprint density at radius 3 is 2.24 bits per heavy atom. The number of aromatic nitrogens is 4. The van der Waals surface area contributed by atoms with Gasteiger partial charge in [-0.1, -0.05) is 36.3 Å². The molecule has 0 unspecified atom stereocenters. The minimum Gasteiger partial charge on any atom is -0.493 e. The van der Waals surface area contributed by atoms with Gasteiger partial charge in [-0.3, -0.25) is 38.5 Å². The molecule has 6 amide bonds. The molecule has 4 N–H and O–H groups in total. The van der Waals surface area contributed by atoms with Crippen LogP contribution in [0.4, 0.5) is 27.8 Å². The number of nitrogens with zero attached hydrogens (tertiary/aromatic N) is 7. The first kappa shape index (κ1) is 62.4. The fourth-order valence-electron chi connectivity index (χ4n) is 10.0. The third-order valence-electron chi connectivity index (χ3n) is 14.7. The Morgan fingerprint density at radius 1 is 0.779 bits per heavy atom. The largest absolute Gasteiger partial charge is 0.493 e. The molecule has 3 aromatic heterocycles. The highest BCUT2D eigenvalue weighted by Crippen LogP contribution is 2.40. The topological polar surface area (TPSA) is 276 Å². The molecule has 0 fully saturated rings. The van der Waals surface area contributed by atoms with Crippen molar-refractivity contribution >= 4 is 76.4 Å². The predicted molar refractivity (Wildman–Crippen MR) is 322 cm³/mol. The number of pyridine rings is 1. The van der Waals surface area contributed by atoms with Gasteiger partial charge in [-0.15, -0.1) is 0 Å². The predicted octanol–water partition coefficient (Wildman–Crippen LogP) is 8.83. The molecule has 0 aliphatic carbocycles. The molecule has 2 aliphatic rings. The van der Waals surface area contributed by atoms with E-state index in [1.807, 2.05) is 60.4 Å². The van der Waals surface area contributed by atoms with Crippen LogP contribution in [0, 0.1) is 5.92 Å². The Hall–Kier alpha value is -9.67. The van der Waals surface area contributed by atoms with E-state index in [0.29, 0.717) is 63.2 Å². The van der Waals surface area contributed by atoms with Crippen LogP contribution >= 0.6 is 0 Å². The lowest BCUT2D eigenvalue weighted by Crippen LogP contribution is -2.49. The normalized spacial score (nSPS) is 14.2. The maximum absolute atomic E-state index is 14.6. The maximum atomic E-state index is 14.6. The first-order chi connectivity index (χ1) is 41.5. The van der Waals surface area contributed by atoms with Crippen molar-refractivity contribution in [1.82, 2.24) is 29.3 Å². The fourth-order valence-corrected chi connectivity index (χ4v) is 10.0. The van der Waals surface area contributed by atoms with E-state index in [-0.39, 0.29) is 108 Å². The summed E-state index contributed by atoms with van der Waals surface area (Å²) in [6.07, 6.45) is 11.9. The van der Waals surface area contributed by atoms with Gasteiger partial charge in [0.1, 0.15) is 24.0 Å². The van der Waals surface area contributed by atoms with E-state index in [9.17, 15) is 38.4 Å². The molecular formula is C63H73N11O12. The lowest BCUT2D eigenvalue weighted by atomic mass is 9.93. The Morgan fingerprint density at radius 2 is 1.52 bits per heavy atom. The molecule has 2 aliphatic heterocycles. The summed E-state index contributed by atoms with van der Waals surface area (Å²) in [4.78, 5) is 123. The number of hydrogen-bond acceptors (Lipinski definition) is 15. The van der Waals surface area contributed by atoms with Crippen LogP contribution in [0.1, 0.15) is 117 Å². The van der Waals surface area contributed by atoms with Crippen molar-refractivity contribution < 1.29 is 57.4 Å². The first-order valence-electron chi connectivity index (χ1n) is 28.8. The molecule has 0 saturated heterocycles.